The Bertz CT molecular complexity index is 490. The minimum absolute atomic E-state index is 0.453. The smallest absolute Gasteiger partial charge is 0.0834 e. The van der Waals surface area contributed by atoms with E-state index in [0.717, 1.165) is 23.2 Å². The fourth-order valence-corrected chi connectivity index (χ4v) is 1.98. The van der Waals surface area contributed by atoms with Crippen LogP contribution >= 0.6 is 0 Å². The van der Waals surface area contributed by atoms with Crippen LogP contribution in [0.5, 0.6) is 0 Å². The molecule has 0 saturated heterocycles. The molecule has 0 bridgehead atoms. The van der Waals surface area contributed by atoms with Crippen molar-refractivity contribution in [1.82, 2.24) is 9.78 Å². The van der Waals surface area contributed by atoms with Gasteiger partial charge in [0.05, 0.1) is 12.3 Å². The first-order valence-electron chi connectivity index (χ1n) is 5.95. The zero-order valence-electron chi connectivity index (χ0n) is 10.3. The van der Waals surface area contributed by atoms with E-state index in [2.05, 4.69) is 12.0 Å². The third-order valence-electron chi connectivity index (χ3n) is 2.99. The molecule has 1 atom stereocenters. The molecule has 0 spiro atoms. The summed E-state index contributed by atoms with van der Waals surface area (Å²) in [6.07, 6.45) is 3.97. The molecule has 3 heteroatoms. The molecule has 1 N–H and O–H groups in total. The normalized spacial score (nSPS) is 12.6. The van der Waals surface area contributed by atoms with Gasteiger partial charge in [-0.15, -0.1) is 0 Å². The van der Waals surface area contributed by atoms with Crippen molar-refractivity contribution in [3.8, 4) is 0 Å². The first-order chi connectivity index (χ1) is 8.20. The largest absolute Gasteiger partial charge is 0.388 e. The molecule has 0 aliphatic rings. The Kier molecular flexibility index (Phi) is 3.59. The predicted octanol–water partition coefficient (Wildman–Crippen LogP) is 2.49. The molecule has 17 heavy (non-hydrogen) atoms. The minimum atomic E-state index is -0.453. The fraction of sp³-hybridized carbons (Fsp3) is 0.357. The van der Waals surface area contributed by atoms with Crippen molar-refractivity contribution in [2.75, 3.05) is 0 Å². The summed E-state index contributed by atoms with van der Waals surface area (Å²) in [5.74, 6) is 0. The predicted molar refractivity (Wildman–Crippen MR) is 67.7 cm³/mol. The Morgan fingerprint density at radius 1 is 1.35 bits per heavy atom. The van der Waals surface area contributed by atoms with Gasteiger partial charge in [-0.1, -0.05) is 24.3 Å². The molecule has 1 heterocycles. The van der Waals surface area contributed by atoms with Crippen LogP contribution in [0.25, 0.3) is 0 Å². The molecule has 2 aromatic rings. The monoisotopic (exact) mass is 230 g/mol. The molecular weight excluding hydrogens is 212 g/mol. The van der Waals surface area contributed by atoms with Gasteiger partial charge in [-0.25, -0.2) is 0 Å². The summed E-state index contributed by atoms with van der Waals surface area (Å²) >= 11 is 0. The maximum absolute atomic E-state index is 10.2. The second-order valence-corrected chi connectivity index (χ2v) is 4.28. The summed E-state index contributed by atoms with van der Waals surface area (Å²) in [7, 11) is 0. The average molecular weight is 230 g/mol. The minimum Gasteiger partial charge on any atom is -0.388 e. The molecule has 0 amide bonds. The van der Waals surface area contributed by atoms with E-state index < -0.39 is 6.10 Å². The molecule has 2 rings (SSSR count). The SMILES string of the molecule is CCn1cc(CC(O)c2ccccc2C)cn1. The van der Waals surface area contributed by atoms with Crippen molar-refractivity contribution in [2.24, 2.45) is 0 Å². The number of hydrogen-bond donors (Lipinski definition) is 1. The standard InChI is InChI=1S/C14H18N2O/c1-3-16-10-12(9-15-16)8-14(17)13-7-5-4-6-11(13)2/h4-7,9-10,14,17H,3,8H2,1-2H3. The van der Waals surface area contributed by atoms with Gasteiger partial charge in [-0.2, -0.15) is 5.10 Å². The molecular formula is C14H18N2O. The van der Waals surface area contributed by atoms with Crippen molar-refractivity contribution in [3.63, 3.8) is 0 Å². The molecule has 0 radical (unpaired) electrons. The van der Waals surface area contributed by atoms with E-state index in [0.29, 0.717) is 6.42 Å². The maximum atomic E-state index is 10.2. The highest BCUT2D eigenvalue weighted by Gasteiger charge is 2.11. The number of benzene rings is 1. The number of rotatable bonds is 4. The quantitative estimate of drug-likeness (QED) is 0.876. The first-order valence-corrected chi connectivity index (χ1v) is 5.95. The zero-order valence-corrected chi connectivity index (χ0v) is 10.3. The van der Waals surface area contributed by atoms with Crippen LogP contribution < -0.4 is 0 Å². The lowest BCUT2D eigenvalue weighted by Gasteiger charge is -2.12. The fourth-order valence-electron chi connectivity index (χ4n) is 1.98. The lowest BCUT2D eigenvalue weighted by atomic mass is 9.99. The summed E-state index contributed by atoms with van der Waals surface area (Å²) in [6.45, 7) is 4.93. The molecule has 0 fully saturated rings. The van der Waals surface area contributed by atoms with Crippen molar-refractivity contribution < 1.29 is 5.11 Å². The zero-order chi connectivity index (χ0) is 12.3. The first kappa shape index (κ1) is 11.9. The number of aryl methyl sites for hydroxylation is 2. The summed E-state index contributed by atoms with van der Waals surface area (Å²) in [5, 5.41) is 14.4. The van der Waals surface area contributed by atoms with E-state index in [-0.39, 0.29) is 0 Å². The highest BCUT2D eigenvalue weighted by Crippen LogP contribution is 2.21. The third-order valence-corrected chi connectivity index (χ3v) is 2.99. The Labute approximate surface area is 102 Å². The van der Waals surface area contributed by atoms with Crippen LogP contribution in [0.4, 0.5) is 0 Å². The van der Waals surface area contributed by atoms with Crippen LogP contribution in [0.2, 0.25) is 0 Å². The van der Waals surface area contributed by atoms with E-state index in [4.69, 9.17) is 0 Å². The van der Waals surface area contributed by atoms with Gasteiger partial charge in [0.2, 0.25) is 0 Å². The second-order valence-electron chi connectivity index (χ2n) is 4.28. The third kappa shape index (κ3) is 2.74. The van der Waals surface area contributed by atoms with Gasteiger partial charge >= 0.3 is 0 Å². The van der Waals surface area contributed by atoms with Crippen LogP contribution in [0.1, 0.15) is 29.7 Å². The molecule has 90 valence electrons. The van der Waals surface area contributed by atoms with E-state index in [1.54, 1.807) is 0 Å². The van der Waals surface area contributed by atoms with E-state index >= 15 is 0 Å². The van der Waals surface area contributed by atoms with Crippen molar-refractivity contribution in [1.29, 1.82) is 0 Å². The van der Waals surface area contributed by atoms with Gasteiger partial charge < -0.3 is 5.11 Å². The molecule has 0 saturated carbocycles. The maximum Gasteiger partial charge on any atom is 0.0834 e. The van der Waals surface area contributed by atoms with E-state index in [1.807, 2.05) is 48.3 Å². The van der Waals surface area contributed by atoms with Gasteiger partial charge in [0.15, 0.2) is 0 Å². The van der Waals surface area contributed by atoms with Gasteiger partial charge in [-0.3, -0.25) is 4.68 Å². The van der Waals surface area contributed by atoms with Crippen LogP contribution in [0, 0.1) is 6.92 Å². The van der Waals surface area contributed by atoms with Crippen molar-refractivity contribution in [2.45, 2.75) is 32.9 Å². The van der Waals surface area contributed by atoms with E-state index in [9.17, 15) is 5.11 Å². The number of aromatic nitrogens is 2. The number of hydrogen-bond acceptors (Lipinski definition) is 2. The number of aliphatic hydroxyl groups is 1. The second kappa shape index (κ2) is 5.15. The summed E-state index contributed by atoms with van der Waals surface area (Å²) < 4.78 is 1.87. The van der Waals surface area contributed by atoms with Gasteiger partial charge in [0.25, 0.3) is 0 Å². The van der Waals surface area contributed by atoms with E-state index in [1.165, 1.54) is 0 Å². The van der Waals surface area contributed by atoms with Gasteiger partial charge in [0.1, 0.15) is 0 Å². The lowest BCUT2D eigenvalue weighted by molar-refractivity contribution is 0.177. The Hall–Kier alpha value is -1.61. The summed E-state index contributed by atoms with van der Waals surface area (Å²) in [5.41, 5.74) is 3.20. The Morgan fingerprint density at radius 2 is 2.12 bits per heavy atom. The molecule has 1 aromatic heterocycles. The van der Waals surface area contributed by atoms with Crippen LogP contribution in [0.15, 0.2) is 36.7 Å². The number of aliphatic hydroxyl groups excluding tert-OH is 1. The summed E-state index contributed by atoms with van der Waals surface area (Å²) in [6, 6.07) is 7.94. The molecule has 1 unspecified atom stereocenters. The van der Waals surface area contributed by atoms with Gasteiger partial charge in [-0.05, 0) is 30.5 Å². The molecule has 0 aliphatic heterocycles. The van der Waals surface area contributed by atoms with Crippen LogP contribution in [-0.2, 0) is 13.0 Å². The Balaban J connectivity index is 2.11. The lowest BCUT2D eigenvalue weighted by Crippen LogP contribution is -2.03. The summed E-state index contributed by atoms with van der Waals surface area (Å²) in [4.78, 5) is 0. The molecule has 1 aromatic carbocycles. The van der Waals surface area contributed by atoms with Crippen molar-refractivity contribution in [3.05, 3.63) is 53.3 Å². The highest BCUT2D eigenvalue weighted by atomic mass is 16.3. The van der Waals surface area contributed by atoms with Crippen LogP contribution in [0.3, 0.4) is 0 Å². The highest BCUT2D eigenvalue weighted by molar-refractivity contribution is 5.28. The van der Waals surface area contributed by atoms with Crippen LogP contribution in [-0.4, -0.2) is 14.9 Å². The Morgan fingerprint density at radius 3 is 2.76 bits per heavy atom. The van der Waals surface area contributed by atoms with Gasteiger partial charge in [0, 0.05) is 19.2 Å². The topological polar surface area (TPSA) is 38.0 Å². The average Bonchev–Trinajstić information content (AvgIpc) is 2.77. The molecule has 3 nitrogen and oxygen atoms in total. The number of nitrogens with zero attached hydrogens (tertiary/aromatic N) is 2. The van der Waals surface area contributed by atoms with Crippen molar-refractivity contribution >= 4 is 0 Å². The molecule has 0 aliphatic carbocycles.